The molecule has 0 saturated carbocycles. The molecule has 26 heavy (non-hydrogen) atoms. The second-order valence-corrected chi connectivity index (χ2v) is 8.32. The average Bonchev–Trinajstić information content (AvgIpc) is 3.19. The Balaban J connectivity index is 1.94. The molecule has 0 unspecified atom stereocenters. The highest BCUT2D eigenvalue weighted by atomic mass is 32.2. The average molecular weight is 386 g/mol. The number of thiophene rings is 1. The molecule has 134 valence electrons. The maximum atomic E-state index is 13.0. The molecule has 3 rings (SSSR count). The number of benzene rings is 2. The summed E-state index contributed by atoms with van der Waals surface area (Å²) in [6, 6.07) is 20.2. The molecular weight excluding hydrogens is 366 g/mol. The molecule has 0 amide bonds. The molecule has 0 bridgehead atoms. The fraction of sp³-hybridized carbons (Fsp3) is 0.100. The topological polar surface area (TPSA) is 46.6 Å². The molecule has 0 saturated heterocycles. The van der Waals surface area contributed by atoms with Gasteiger partial charge in [0.05, 0.1) is 24.7 Å². The molecule has 0 aliphatic heterocycles. The van der Waals surface area contributed by atoms with Crippen LogP contribution in [-0.4, -0.2) is 15.5 Å². The first-order valence-electron chi connectivity index (χ1n) is 8.01. The normalized spacial score (nSPS) is 11.6. The van der Waals surface area contributed by atoms with Gasteiger partial charge in [-0.3, -0.25) is 4.31 Å². The van der Waals surface area contributed by atoms with Gasteiger partial charge in [0.25, 0.3) is 10.0 Å². The molecule has 4 nitrogen and oxygen atoms in total. The van der Waals surface area contributed by atoms with Gasteiger partial charge in [0, 0.05) is 4.88 Å². The Kier molecular flexibility index (Phi) is 5.75. The predicted octanol–water partition coefficient (Wildman–Crippen LogP) is 4.76. The summed E-state index contributed by atoms with van der Waals surface area (Å²) in [5.41, 5.74) is 1.43. The number of rotatable bonds is 7. The van der Waals surface area contributed by atoms with Crippen molar-refractivity contribution in [1.29, 1.82) is 0 Å². The van der Waals surface area contributed by atoms with Gasteiger partial charge in [0.15, 0.2) is 0 Å². The fourth-order valence-electron chi connectivity index (χ4n) is 2.42. The molecule has 6 heteroatoms. The molecule has 0 aliphatic rings. The lowest BCUT2D eigenvalue weighted by molar-refractivity contribution is 0.415. The summed E-state index contributed by atoms with van der Waals surface area (Å²) in [4.78, 5) is 0.970. The summed E-state index contributed by atoms with van der Waals surface area (Å²) in [6.07, 6.45) is 1.61. The quantitative estimate of drug-likeness (QED) is 0.589. The number of anilines is 1. The Bertz CT molecular complexity index is 948. The van der Waals surface area contributed by atoms with E-state index in [9.17, 15) is 8.42 Å². The molecule has 1 aromatic heterocycles. The van der Waals surface area contributed by atoms with Gasteiger partial charge in [-0.2, -0.15) is 0 Å². The standard InChI is InChI=1S/C20H19NO3S2/c1-24-19-11-9-18(10-12-19)21(16-20-8-5-14-25-20)26(22,23)15-13-17-6-3-2-4-7-17/h2-15H,16H2,1H3. The van der Waals surface area contributed by atoms with E-state index in [1.54, 1.807) is 37.5 Å². The largest absolute Gasteiger partial charge is 0.497 e. The lowest BCUT2D eigenvalue weighted by Crippen LogP contribution is -2.28. The Labute approximate surface area is 158 Å². The van der Waals surface area contributed by atoms with Gasteiger partial charge in [-0.1, -0.05) is 36.4 Å². The van der Waals surface area contributed by atoms with E-state index in [2.05, 4.69) is 0 Å². The zero-order valence-corrected chi connectivity index (χ0v) is 15.9. The van der Waals surface area contributed by atoms with Crippen molar-refractivity contribution >= 4 is 33.1 Å². The molecule has 0 radical (unpaired) electrons. The van der Waals surface area contributed by atoms with Crippen LogP contribution in [0.3, 0.4) is 0 Å². The second-order valence-electron chi connectivity index (χ2n) is 5.54. The second kappa shape index (κ2) is 8.21. The van der Waals surface area contributed by atoms with E-state index < -0.39 is 10.0 Å². The molecule has 3 aromatic rings. The summed E-state index contributed by atoms with van der Waals surface area (Å²) in [5.74, 6) is 0.682. The zero-order valence-electron chi connectivity index (χ0n) is 14.3. The van der Waals surface area contributed by atoms with Crippen molar-refractivity contribution in [2.75, 3.05) is 11.4 Å². The molecule has 0 atom stereocenters. The van der Waals surface area contributed by atoms with Crippen LogP contribution in [0.15, 0.2) is 77.5 Å². The summed E-state index contributed by atoms with van der Waals surface area (Å²) in [6.45, 7) is 0.283. The van der Waals surface area contributed by atoms with Crippen molar-refractivity contribution in [1.82, 2.24) is 0 Å². The third kappa shape index (κ3) is 4.53. The highest BCUT2D eigenvalue weighted by molar-refractivity contribution is 7.95. The van der Waals surface area contributed by atoms with Crippen LogP contribution in [0.1, 0.15) is 10.4 Å². The minimum absolute atomic E-state index is 0.283. The van der Waals surface area contributed by atoms with Crippen molar-refractivity contribution in [3.05, 3.63) is 88.0 Å². The Morgan fingerprint density at radius 2 is 1.73 bits per heavy atom. The zero-order chi connectivity index (χ0) is 18.4. The minimum atomic E-state index is -3.65. The van der Waals surface area contributed by atoms with Crippen LogP contribution in [0.25, 0.3) is 6.08 Å². The highest BCUT2D eigenvalue weighted by Crippen LogP contribution is 2.26. The van der Waals surface area contributed by atoms with Crippen molar-refractivity contribution in [3.8, 4) is 5.75 Å². The van der Waals surface area contributed by atoms with E-state index in [1.165, 1.54) is 21.1 Å². The Morgan fingerprint density at radius 1 is 1.00 bits per heavy atom. The molecule has 0 spiro atoms. The molecule has 0 N–H and O–H groups in total. The highest BCUT2D eigenvalue weighted by Gasteiger charge is 2.20. The summed E-state index contributed by atoms with van der Waals surface area (Å²) in [7, 11) is -2.07. The molecule has 2 aromatic carbocycles. The monoisotopic (exact) mass is 385 g/mol. The minimum Gasteiger partial charge on any atom is -0.497 e. The first-order chi connectivity index (χ1) is 12.6. The van der Waals surface area contributed by atoms with E-state index >= 15 is 0 Å². The lowest BCUT2D eigenvalue weighted by atomic mass is 10.2. The van der Waals surface area contributed by atoms with Crippen LogP contribution in [-0.2, 0) is 16.6 Å². The van der Waals surface area contributed by atoms with Crippen LogP contribution in [0.2, 0.25) is 0 Å². The molecular formula is C20H19NO3S2. The number of hydrogen-bond donors (Lipinski definition) is 0. The van der Waals surface area contributed by atoms with E-state index in [0.29, 0.717) is 11.4 Å². The van der Waals surface area contributed by atoms with Gasteiger partial charge in [0.2, 0.25) is 0 Å². The van der Waals surface area contributed by atoms with Crippen LogP contribution in [0.5, 0.6) is 5.75 Å². The SMILES string of the molecule is COc1ccc(N(Cc2cccs2)S(=O)(=O)C=Cc2ccccc2)cc1. The Hall–Kier alpha value is -2.57. The van der Waals surface area contributed by atoms with Crippen LogP contribution < -0.4 is 9.04 Å². The number of hydrogen-bond acceptors (Lipinski definition) is 4. The maximum absolute atomic E-state index is 13.0. The van der Waals surface area contributed by atoms with Gasteiger partial charge < -0.3 is 4.74 Å². The smallest absolute Gasteiger partial charge is 0.257 e. The first kappa shape index (κ1) is 18.2. The van der Waals surface area contributed by atoms with Crippen molar-refractivity contribution in [2.24, 2.45) is 0 Å². The first-order valence-corrected chi connectivity index (χ1v) is 10.4. The van der Waals surface area contributed by atoms with Gasteiger partial charge in [-0.15, -0.1) is 11.3 Å². The third-order valence-corrected chi connectivity index (χ3v) is 6.07. The summed E-state index contributed by atoms with van der Waals surface area (Å²) < 4.78 is 32.6. The maximum Gasteiger partial charge on any atom is 0.257 e. The number of nitrogens with zero attached hydrogens (tertiary/aromatic N) is 1. The number of ether oxygens (including phenoxy) is 1. The van der Waals surface area contributed by atoms with Crippen molar-refractivity contribution in [2.45, 2.75) is 6.54 Å². The van der Waals surface area contributed by atoms with Crippen LogP contribution >= 0.6 is 11.3 Å². The summed E-state index contributed by atoms with van der Waals surface area (Å²) >= 11 is 1.53. The van der Waals surface area contributed by atoms with E-state index in [0.717, 1.165) is 10.4 Å². The van der Waals surface area contributed by atoms with Gasteiger partial charge in [-0.25, -0.2) is 8.42 Å². The molecule has 1 heterocycles. The number of methoxy groups -OCH3 is 1. The lowest BCUT2D eigenvalue weighted by Gasteiger charge is -2.22. The Morgan fingerprint density at radius 3 is 2.35 bits per heavy atom. The molecule has 0 aliphatic carbocycles. The van der Waals surface area contributed by atoms with Crippen LogP contribution in [0.4, 0.5) is 5.69 Å². The van der Waals surface area contributed by atoms with Crippen molar-refractivity contribution < 1.29 is 13.2 Å². The van der Waals surface area contributed by atoms with Gasteiger partial charge >= 0.3 is 0 Å². The fourth-order valence-corrected chi connectivity index (χ4v) is 4.41. The predicted molar refractivity (Wildman–Crippen MR) is 108 cm³/mol. The third-order valence-electron chi connectivity index (χ3n) is 3.78. The van der Waals surface area contributed by atoms with E-state index in [4.69, 9.17) is 4.74 Å². The van der Waals surface area contributed by atoms with Gasteiger partial charge in [0.1, 0.15) is 5.75 Å². The summed E-state index contributed by atoms with van der Waals surface area (Å²) in [5, 5.41) is 3.19. The number of sulfonamides is 1. The van der Waals surface area contributed by atoms with Gasteiger partial charge in [-0.05, 0) is 47.4 Å². The molecule has 0 fully saturated rings. The van der Waals surface area contributed by atoms with Crippen molar-refractivity contribution in [3.63, 3.8) is 0 Å². The van der Waals surface area contributed by atoms with E-state index in [1.807, 2.05) is 47.8 Å². The van der Waals surface area contributed by atoms with E-state index in [-0.39, 0.29) is 6.54 Å². The van der Waals surface area contributed by atoms with Crippen LogP contribution in [0, 0.1) is 0 Å².